The van der Waals surface area contributed by atoms with E-state index in [1.165, 1.54) is 25.6 Å². The largest absolute Gasteiger partial charge is 0.496 e. The van der Waals surface area contributed by atoms with Crippen molar-refractivity contribution in [2.45, 2.75) is 20.4 Å². The first-order chi connectivity index (χ1) is 15.0. The van der Waals surface area contributed by atoms with Crippen LogP contribution < -0.4 is 14.8 Å². The summed E-state index contributed by atoms with van der Waals surface area (Å²) in [6.45, 7) is 4.94. The van der Waals surface area contributed by atoms with Gasteiger partial charge in [-0.2, -0.15) is 0 Å². The quantitative estimate of drug-likeness (QED) is 0.401. The van der Waals surface area contributed by atoms with Crippen molar-refractivity contribution >= 4 is 28.1 Å². The summed E-state index contributed by atoms with van der Waals surface area (Å²) >= 11 is 1.54. The number of halogens is 2. The summed E-state index contributed by atoms with van der Waals surface area (Å²) in [6.07, 6.45) is 1.48. The van der Waals surface area contributed by atoms with E-state index >= 15 is 0 Å². The number of nitrogens with one attached hydrogen (secondary N) is 1. The molecule has 3 heterocycles. The molecule has 0 radical (unpaired) electrons. The van der Waals surface area contributed by atoms with Gasteiger partial charge >= 0.3 is 0 Å². The van der Waals surface area contributed by atoms with Gasteiger partial charge in [-0.3, -0.25) is 0 Å². The zero-order chi connectivity index (χ0) is 22.0. The van der Waals surface area contributed by atoms with Gasteiger partial charge in [0.25, 0.3) is 0 Å². The average molecular weight is 445 g/mol. The number of ether oxygens (including phenoxy) is 2. The summed E-state index contributed by atoms with van der Waals surface area (Å²) in [7, 11) is 1.44. The highest BCUT2D eigenvalue weighted by Crippen LogP contribution is 2.34. The van der Waals surface area contributed by atoms with Crippen LogP contribution >= 0.6 is 11.3 Å². The van der Waals surface area contributed by atoms with E-state index in [0.29, 0.717) is 37.0 Å². The van der Waals surface area contributed by atoms with Gasteiger partial charge in [0.1, 0.15) is 29.5 Å². The zero-order valence-corrected chi connectivity index (χ0v) is 18.2. The third-order valence-electron chi connectivity index (χ3n) is 4.97. The van der Waals surface area contributed by atoms with Crippen molar-refractivity contribution in [1.82, 2.24) is 14.5 Å². The van der Waals surface area contributed by atoms with Crippen LogP contribution in [-0.2, 0) is 6.54 Å². The normalized spacial score (nSPS) is 11.1. The Labute approximate surface area is 182 Å². The van der Waals surface area contributed by atoms with E-state index in [9.17, 15) is 8.78 Å². The molecular formula is C22H22F2N4O2S. The Morgan fingerprint density at radius 2 is 2.03 bits per heavy atom. The number of anilines is 1. The van der Waals surface area contributed by atoms with Crippen molar-refractivity contribution < 1.29 is 18.3 Å². The van der Waals surface area contributed by atoms with Crippen LogP contribution in [-0.4, -0.2) is 34.8 Å². The fourth-order valence-electron chi connectivity index (χ4n) is 3.52. The van der Waals surface area contributed by atoms with Gasteiger partial charge < -0.3 is 19.4 Å². The number of aromatic nitrogens is 3. The van der Waals surface area contributed by atoms with Gasteiger partial charge in [-0.1, -0.05) is 0 Å². The molecule has 1 aromatic carbocycles. The third-order valence-corrected chi connectivity index (χ3v) is 5.90. The monoisotopic (exact) mass is 444 g/mol. The van der Waals surface area contributed by atoms with E-state index in [-0.39, 0.29) is 10.9 Å². The highest BCUT2D eigenvalue weighted by Gasteiger charge is 2.21. The average Bonchev–Trinajstić information content (AvgIpc) is 3.34. The van der Waals surface area contributed by atoms with Crippen molar-refractivity contribution in [2.24, 2.45) is 0 Å². The molecule has 162 valence electrons. The van der Waals surface area contributed by atoms with Crippen LogP contribution in [0.4, 0.5) is 14.6 Å². The van der Waals surface area contributed by atoms with Crippen molar-refractivity contribution in [3.63, 3.8) is 0 Å². The maximum absolute atomic E-state index is 14.8. The van der Waals surface area contributed by atoms with Crippen LogP contribution in [0.1, 0.15) is 12.6 Å². The lowest BCUT2D eigenvalue weighted by Gasteiger charge is -2.11. The molecule has 1 N–H and O–H groups in total. The van der Waals surface area contributed by atoms with E-state index in [0.717, 1.165) is 16.3 Å². The zero-order valence-electron chi connectivity index (χ0n) is 17.4. The van der Waals surface area contributed by atoms with E-state index in [2.05, 4.69) is 15.3 Å². The molecule has 3 aromatic heterocycles. The first-order valence-electron chi connectivity index (χ1n) is 9.81. The van der Waals surface area contributed by atoms with Crippen LogP contribution in [0, 0.1) is 18.6 Å². The molecule has 0 atom stereocenters. The molecule has 4 rings (SSSR count). The lowest BCUT2D eigenvalue weighted by atomic mass is 10.2. The van der Waals surface area contributed by atoms with E-state index < -0.39 is 11.6 Å². The summed E-state index contributed by atoms with van der Waals surface area (Å²) < 4.78 is 41.6. The van der Waals surface area contributed by atoms with Gasteiger partial charge in [-0.15, -0.1) is 11.3 Å². The number of fused-ring (bicyclic) bond motifs is 1. The second-order valence-electron chi connectivity index (χ2n) is 6.82. The predicted octanol–water partition coefficient (Wildman–Crippen LogP) is 5.27. The number of hydrogen-bond acceptors (Lipinski definition) is 6. The first kappa shape index (κ1) is 21.0. The lowest BCUT2D eigenvalue weighted by molar-refractivity contribution is 0.342. The molecule has 0 aliphatic carbocycles. The number of nitrogens with zero attached hydrogens (tertiary/aromatic N) is 3. The third kappa shape index (κ3) is 4.05. The fraction of sp³-hybridized carbons (Fsp3) is 0.273. The molecule has 4 aromatic rings. The smallest absolute Gasteiger partial charge is 0.155 e. The van der Waals surface area contributed by atoms with Crippen LogP contribution in [0.2, 0.25) is 0 Å². The number of benzene rings is 1. The van der Waals surface area contributed by atoms with E-state index in [1.807, 2.05) is 24.4 Å². The molecule has 0 saturated heterocycles. The van der Waals surface area contributed by atoms with E-state index in [1.54, 1.807) is 22.8 Å². The van der Waals surface area contributed by atoms with Gasteiger partial charge in [-0.25, -0.2) is 18.7 Å². The van der Waals surface area contributed by atoms with Crippen LogP contribution in [0.15, 0.2) is 36.0 Å². The molecule has 0 bridgehead atoms. The molecule has 0 aliphatic heterocycles. The summed E-state index contributed by atoms with van der Waals surface area (Å²) in [4.78, 5) is 9.54. The fourth-order valence-corrected chi connectivity index (χ4v) is 4.32. The standard InChI is InChI=1S/C22H22F2N4O2S/c1-4-30-14-9-18(31-11-14)16-10-19(27-12-26-16)25-7-8-28-13(2)21(24)20-17(29-3)6-5-15(23)22(20)28/h5-6,9-12H,4,7-8H2,1-3H3,(H,25,26,27). The molecule has 6 nitrogen and oxygen atoms in total. The van der Waals surface area contributed by atoms with Crippen molar-refractivity contribution in [1.29, 1.82) is 0 Å². The van der Waals surface area contributed by atoms with Gasteiger partial charge in [0.2, 0.25) is 0 Å². The van der Waals surface area contributed by atoms with Crippen molar-refractivity contribution in [3.05, 3.63) is 53.3 Å². The molecular weight excluding hydrogens is 422 g/mol. The lowest BCUT2D eigenvalue weighted by Crippen LogP contribution is -2.13. The predicted molar refractivity (Wildman–Crippen MR) is 118 cm³/mol. The topological polar surface area (TPSA) is 61.2 Å². The van der Waals surface area contributed by atoms with Crippen LogP contribution in [0.25, 0.3) is 21.5 Å². The Balaban J connectivity index is 1.52. The first-order valence-corrected chi connectivity index (χ1v) is 10.7. The van der Waals surface area contributed by atoms with Crippen LogP contribution in [0.5, 0.6) is 11.5 Å². The molecule has 0 spiro atoms. The van der Waals surface area contributed by atoms with Gasteiger partial charge in [0.15, 0.2) is 5.82 Å². The number of thiophene rings is 1. The highest BCUT2D eigenvalue weighted by atomic mass is 32.1. The van der Waals surface area contributed by atoms with Crippen molar-refractivity contribution in [2.75, 3.05) is 25.6 Å². The Morgan fingerprint density at radius 3 is 2.81 bits per heavy atom. The minimum absolute atomic E-state index is 0.159. The minimum Gasteiger partial charge on any atom is -0.496 e. The maximum atomic E-state index is 14.8. The number of hydrogen-bond donors (Lipinski definition) is 1. The molecule has 9 heteroatoms. The highest BCUT2D eigenvalue weighted by molar-refractivity contribution is 7.13. The molecule has 0 aliphatic rings. The van der Waals surface area contributed by atoms with Crippen LogP contribution in [0.3, 0.4) is 0 Å². The number of methoxy groups -OCH3 is 1. The summed E-state index contributed by atoms with van der Waals surface area (Å²) in [5.74, 6) is 0.786. The Hall–Kier alpha value is -3.20. The Bertz CT molecular complexity index is 1220. The summed E-state index contributed by atoms with van der Waals surface area (Å²) in [5.41, 5.74) is 1.32. The molecule has 0 unspecified atom stereocenters. The maximum Gasteiger partial charge on any atom is 0.155 e. The molecule has 0 fully saturated rings. The Kier molecular flexibility index (Phi) is 6.03. The summed E-state index contributed by atoms with van der Waals surface area (Å²) in [6, 6.07) is 6.51. The Morgan fingerprint density at radius 1 is 1.19 bits per heavy atom. The van der Waals surface area contributed by atoms with Gasteiger partial charge in [0.05, 0.1) is 40.9 Å². The summed E-state index contributed by atoms with van der Waals surface area (Å²) in [5, 5.41) is 5.31. The van der Waals surface area contributed by atoms with Crippen molar-refractivity contribution in [3.8, 4) is 22.1 Å². The SMILES string of the molecule is CCOc1csc(-c2cc(NCCn3c(C)c(F)c4c(OC)ccc(F)c43)ncn2)c1. The van der Waals surface area contributed by atoms with Gasteiger partial charge in [0, 0.05) is 30.6 Å². The second kappa shape index (κ2) is 8.89. The second-order valence-corrected chi connectivity index (χ2v) is 7.73. The molecule has 0 saturated carbocycles. The molecule has 31 heavy (non-hydrogen) atoms. The molecule has 0 amide bonds. The van der Waals surface area contributed by atoms with Gasteiger partial charge in [-0.05, 0) is 26.0 Å². The van der Waals surface area contributed by atoms with E-state index in [4.69, 9.17) is 9.47 Å². The number of rotatable bonds is 8. The minimum atomic E-state index is -0.491.